The van der Waals surface area contributed by atoms with Gasteiger partial charge in [0.15, 0.2) is 32.9 Å². The number of halogens is 1. The monoisotopic (exact) mass is 456 g/mol. The molecule has 3 rings (SSSR count). The minimum atomic E-state index is -3.71. The number of esters is 1. The molecule has 1 aromatic carbocycles. The van der Waals surface area contributed by atoms with Crippen molar-refractivity contribution in [3.63, 3.8) is 0 Å². The Balaban J connectivity index is 2.07. The van der Waals surface area contributed by atoms with Crippen molar-refractivity contribution in [2.75, 3.05) is 20.0 Å². The molecule has 0 spiro atoms. The van der Waals surface area contributed by atoms with E-state index in [1.807, 2.05) is 0 Å². The van der Waals surface area contributed by atoms with Crippen molar-refractivity contribution in [3.8, 4) is 5.75 Å². The zero-order valence-corrected chi connectivity index (χ0v) is 18.4. The van der Waals surface area contributed by atoms with E-state index in [4.69, 9.17) is 21.1 Å². The van der Waals surface area contributed by atoms with E-state index in [0.29, 0.717) is 6.42 Å². The van der Waals surface area contributed by atoms with Gasteiger partial charge >= 0.3 is 5.97 Å². The van der Waals surface area contributed by atoms with Gasteiger partial charge in [0, 0.05) is 17.7 Å². The summed E-state index contributed by atoms with van der Waals surface area (Å²) >= 11 is 6.24. The van der Waals surface area contributed by atoms with Crippen LogP contribution >= 0.6 is 11.6 Å². The Kier molecular flexibility index (Phi) is 5.57. The molecule has 0 heterocycles. The maximum absolute atomic E-state index is 13.2. The van der Waals surface area contributed by atoms with Gasteiger partial charge in [-0.25, -0.2) is 8.42 Å². The second-order valence-electron chi connectivity index (χ2n) is 7.67. The summed E-state index contributed by atoms with van der Waals surface area (Å²) in [4.78, 5) is 51.5. The summed E-state index contributed by atoms with van der Waals surface area (Å²) in [7, 11) is -2.52. The predicted octanol–water partition coefficient (Wildman–Crippen LogP) is 1.91. The minimum Gasteiger partial charge on any atom is -0.494 e. The summed E-state index contributed by atoms with van der Waals surface area (Å²) in [6, 6.07) is 2.28. The maximum atomic E-state index is 13.2. The van der Waals surface area contributed by atoms with E-state index in [-0.39, 0.29) is 27.8 Å². The highest BCUT2D eigenvalue weighted by Gasteiger charge is 2.69. The van der Waals surface area contributed by atoms with Crippen LogP contribution in [0.25, 0.3) is 0 Å². The molecular formula is C20H21ClO8S. The van der Waals surface area contributed by atoms with Crippen molar-refractivity contribution in [3.05, 3.63) is 22.7 Å². The number of carbonyl (C=O) groups is 4. The molecule has 0 aromatic heterocycles. The van der Waals surface area contributed by atoms with Crippen molar-refractivity contribution >= 4 is 44.8 Å². The largest absolute Gasteiger partial charge is 0.494 e. The van der Waals surface area contributed by atoms with Crippen molar-refractivity contribution in [1.82, 2.24) is 0 Å². The van der Waals surface area contributed by atoms with E-state index >= 15 is 0 Å². The molecule has 2 saturated carbocycles. The van der Waals surface area contributed by atoms with Crippen LogP contribution < -0.4 is 4.74 Å². The number of fused-ring (bicyclic) bond motifs is 1. The molecule has 0 saturated heterocycles. The highest BCUT2D eigenvalue weighted by atomic mass is 35.5. The summed E-state index contributed by atoms with van der Waals surface area (Å²) in [5, 5.41) is -0.318. The van der Waals surface area contributed by atoms with Crippen molar-refractivity contribution in [1.29, 1.82) is 0 Å². The summed E-state index contributed by atoms with van der Waals surface area (Å²) in [6.07, 6.45) is 1.28. The molecule has 8 nitrogen and oxygen atoms in total. The number of carbonyl (C=O) groups excluding carboxylic acids is 4. The number of Topliss-reactive ketones (excluding diaryl/α,β-unsaturated/α-hetero) is 3. The van der Waals surface area contributed by atoms with E-state index in [1.54, 1.807) is 6.92 Å². The average Bonchev–Trinajstić information content (AvgIpc) is 3.47. The van der Waals surface area contributed by atoms with E-state index in [9.17, 15) is 27.6 Å². The predicted molar refractivity (Wildman–Crippen MR) is 105 cm³/mol. The van der Waals surface area contributed by atoms with Crippen molar-refractivity contribution in [2.45, 2.75) is 25.2 Å². The second kappa shape index (κ2) is 7.46. The number of ketones is 3. The molecule has 10 heteroatoms. The van der Waals surface area contributed by atoms with Crippen LogP contribution in [0.15, 0.2) is 17.0 Å². The molecule has 4 unspecified atom stereocenters. The topological polar surface area (TPSA) is 121 Å². The van der Waals surface area contributed by atoms with E-state index in [0.717, 1.165) is 18.4 Å². The van der Waals surface area contributed by atoms with E-state index in [2.05, 4.69) is 0 Å². The molecule has 4 atom stereocenters. The smallest absolute Gasteiger partial charge is 0.319 e. The number of sulfone groups is 1. The highest BCUT2D eigenvalue weighted by molar-refractivity contribution is 7.90. The first-order valence-corrected chi connectivity index (χ1v) is 11.5. The Morgan fingerprint density at radius 2 is 1.90 bits per heavy atom. The van der Waals surface area contributed by atoms with Gasteiger partial charge in [-0.3, -0.25) is 19.2 Å². The van der Waals surface area contributed by atoms with Crippen molar-refractivity contribution < 1.29 is 37.1 Å². The second-order valence-corrected chi connectivity index (χ2v) is 10.0. The highest BCUT2D eigenvalue weighted by Crippen LogP contribution is 2.58. The molecule has 2 aliphatic carbocycles. The Morgan fingerprint density at radius 1 is 1.27 bits per heavy atom. The Morgan fingerprint density at radius 3 is 2.43 bits per heavy atom. The van der Waals surface area contributed by atoms with Crippen LogP contribution in [0.3, 0.4) is 0 Å². The average molecular weight is 457 g/mol. The lowest BCUT2D eigenvalue weighted by atomic mass is 9.67. The summed E-state index contributed by atoms with van der Waals surface area (Å²) in [5.41, 5.74) is -1.82. The zero-order chi connectivity index (χ0) is 22.6. The summed E-state index contributed by atoms with van der Waals surface area (Å²) in [6.45, 7) is 3.06. The lowest BCUT2D eigenvalue weighted by molar-refractivity contribution is -0.164. The number of ether oxygens (including phenoxy) is 2. The number of hydrogen-bond donors (Lipinski definition) is 0. The number of hydrogen-bond acceptors (Lipinski definition) is 8. The first-order valence-electron chi connectivity index (χ1n) is 9.27. The third-order valence-electron chi connectivity index (χ3n) is 5.85. The van der Waals surface area contributed by atoms with Gasteiger partial charge in [-0.15, -0.1) is 0 Å². The lowest BCUT2D eigenvalue weighted by Gasteiger charge is -2.33. The van der Waals surface area contributed by atoms with Crippen LogP contribution in [0, 0.1) is 23.2 Å². The molecule has 0 N–H and O–H groups in total. The van der Waals surface area contributed by atoms with Gasteiger partial charge in [0.1, 0.15) is 16.2 Å². The van der Waals surface area contributed by atoms with E-state index in [1.165, 1.54) is 14.0 Å². The molecule has 2 fully saturated rings. The van der Waals surface area contributed by atoms with E-state index < -0.39 is 56.3 Å². The normalized spacial score (nSPS) is 28.0. The molecule has 0 aliphatic heterocycles. The standard InChI is InChI=1S/C20H21ClO8S/c1-5-29-19(25)20(2)11-8-10(11)16(23)13(18(20)24)15(22)9-6-7-12(30(4,26)27)17(28-3)14(9)21/h6-7,10-11,13H,5,8H2,1-4H3. The van der Waals surface area contributed by atoms with Gasteiger partial charge < -0.3 is 9.47 Å². The fourth-order valence-electron chi connectivity index (χ4n) is 4.12. The third-order valence-corrected chi connectivity index (χ3v) is 7.34. The molecule has 0 radical (unpaired) electrons. The van der Waals surface area contributed by atoms with Crippen LogP contribution in [-0.4, -0.2) is 51.7 Å². The van der Waals surface area contributed by atoms with Gasteiger partial charge in [0.2, 0.25) is 0 Å². The van der Waals surface area contributed by atoms with Gasteiger partial charge in [-0.1, -0.05) is 11.6 Å². The molecule has 162 valence electrons. The van der Waals surface area contributed by atoms with Crippen LogP contribution in [-0.2, 0) is 29.0 Å². The van der Waals surface area contributed by atoms with Crippen molar-refractivity contribution in [2.24, 2.45) is 23.2 Å². The first-order chi connectivity index (χ1) is 13.9. The SMILES string of the molecule is CCOC(=O)C1(C)C(=O)C(C(=O)c2ccc(S(C)(=O)=O)c(OC)c2Cl)C(=O)C2CC21. The Hall–Kier alpha value is -2.26. The third kappa shape index (κ3) is 3.24. The van der Waals surface area contributed by atoms with Crippen LogP contribution in [0.2, 0.25) is 5.02 Å². The number of methoxy groups -OCH3 is 1. The quantitative estimate of drug-likeness (QED) is 0.361. The molecular weight excluding hydrogens is 436 g/mol. The van der Waals surface area contributed by atoms with Crippen LogP contribution in [0.5, 0.6) is 5.75 Å². The summed E-state index contributed by atoms with van der Waals surface area (Å²) < 4.78 is 34.0. The lowest BCUT2D eigenvalue weighted by Crippen LogP contribution is -2.52. The molecule has 1 aromatic rings. The molecule has 30 heavy (non-hydrogen) atoms. The zero-order valence-electron chi connectivity index (χ0n) is 16.9. The van der Waals surface area contributed by atoms with Gasteiger partial charge in [0.25, 0.3) is 0 Å². The van der Waals surface area contributed by atoms with Gasteiger partial charge in [-0.2, -0.15) is 0 Å². The van der Waals surface area contributed by atoms with Gasteiger partial charge in [-0.05, 0) is 38.3 Å². The number of benzene rings is 1. The molecule has 2 aliphatic rings. The van der Waals surface area contributed by atoms with Gasteiger partial charge in [0.05, 0.1) is 18.7 Å². The van der Waals surface area contributed by atoms with Crippen LogP contribution in [0.4, 0.5) is 0 Å². The molecule has 0 amide bonds. The number of rotatable bonds is 6. The van der Waals surface area contributed by atoms with Crippen LogP contribution in [0.1, 0.15) is 30.6 Å². The minimum absolute atomic E-state index is 0.0572. The first kappa shape index (κ1) is 22.4. The Labute approximate surface area is 178 Å². The molecule has 0 bridgehead atoms. The fraction of sp³-hybridized carbons (Fsp3) is 0.500. The summed E-state index contributed by atoms with van der Waals surface area (Å²) in [5.74, 6) is -6.07. The fourth-order valence-corrected chi connectivity index (χ4v) is 5.35. The maximum Gasteiger partial charge on any atom is 0.319 e. The Bertz CT molecular complexity index is 1080.